The molecule has 0 aromatic carbocycles. The van der Waals surface area contributed by atoms with Crippen molar-refractivity contribution < 1.29 is 8.42 Å². The van der Waals surface area contributed by atoms with Crippen LogP contribution in [0.2, 0.25) is 0 Å². The van der Waals surface area contributed by atoms with Gasteiger partial charge in [-0.05, 0) is 6.92 Å². The molecule has 0 saturated carbocycles. The fourth-order valence-electron chi connectivity index (χ4n) is 0.895. The van der Waals surface area contributed by atoms with Crippen LogP contribution in [0.25, 0.3) is 0 Å². The van der Waals surface area contributed by atoms with Crippen molar-refractivity contribution in [2.24, 2.45) is 5.73 Å². The minimum Gasteiger partial charge on any atom is -0.329 e. The summed E-state index contributed by atoms with van der Waals surface area (Å²) in [4.78, 5) is 4.93. The molecule has 0 aliphatic heterocycles. The molecule has 7 heteroatoms. The summed E-state index contributed by atoms with van der Waals surface area (Å²) >= 11 is 1.48. The molecule has 0 radical (unpaired) electrons. The molecule has 3 N–H and O–H groups in total. The number of nitrogens with one attached hydrogen (secondary N) is 1. The summed E-state index contributed by atoms with van der Waals surface area (Å²) in [6.45, 7) is 2.31. The van der Waals surface area contributed by atoms with Crippen LogP contribution in [0.4, 0.5) is 0 Å². The molecule has 0 spiro atoms. The van der Waals surface area contributed by atoms with Crippen molar-refractivity contribution >= 4 is 21.4 Å². The first-order chi connectivity index (χ1) is 6.53. The van der Waals surface area contributed by atoms with Gasteiger partial charge in [-0.1, -0.05) is 0 Å². The molecular formula is C7H13N3O2S2. The molecule has 0 bridgehead atoms. The van der Waals surface area contributed by atoms with E-state index < -0.39 is 10.0 Å². The van der Waals surface area contributed by atoms with E-state index in [1.54, 1.807) is 6.20 Å². The number of thiazole rings is 1. The fraction of sp³-hybridized carbons (Fsp3) is 0.571. The number of nitrogens with zero attached hydrogens (tertiary/aromatic N) is 1. The first kappa shape index (κ1) is 11.6. The Morgan fingerprint density at radius 1 is 1.64 bits per heavy atom. The van der Waals surface area contributed by atoms with E-state index in [0.717, 1.165) is 9.88 Å². The Morgan fingerprint density at radius 2 is 2.36 bits per heavy atom. The Balaban J connectivity index is 2.48. The summed E-state index contributed by atoms with van der Waals surface area (Å²) in [6, 6.07) is 0. The van der Waals surface area contributed by atoms with Gasteiger partial charge in [-0.25, -0.2) is 18.1 Å². The SMILES string of the molecule is Cc1ncc(CNS(=O)(=O)CCN)s1. The van der Waals surface area contributed by atoms with E-state index >= 15 is 0 Å². The second-order valence-corrected chi connectivity index (χ2v) is 6.02. The van der Waals surface area contributed by atoms with E-state index in [2.05, 4.69) is 9.71 Å². The number of rotatable bonds is 5. The molecule has 1 rings (SSSR count). The van der Waals surface area contributed by atoms with Gasteiger partial charge in [0.2, 0.25) is 10.0 Å². The molecule has 14 heavy (non-hydrogen) atoms. The Kier molecular flexibility index (Phi) is 3.99. The van der Waals surface area contributed by atoms with Crippen molar-refractivity contribution in [2.45, 2.75) is 13.5 Å². The summed E-state index contributed by atoms with van der Waals surface area (Å²) in [6.07, 6.45) is 1.67. The van der Waals surface area contributed by atoms with Crippen LogP contribution in [0.15, 0.2) is 6.20 Å². The van der Waals surface area contributed by atoms with E-state index in [4.69, 9.17) is 5.73 Å². The minimum absolute atomic E-state index is 0.0369. The van der Waals surface area contributed by atoms with Gasteiger partial charge in [0.05, 0.1) is 10.8 Å². The number of aromatic nitrogens is 1. The lowest BCUT2D eigenvalue weighted by Crippen LogP contribution is -2.29. The maximum atomic E-state index is 11.2. The molecule has 0 saturated heterocycles. The van der Waals surface area contributed by atoms with Crippen molar-refractivity contribution in [1.29, 1.82) is 0 Å². The van der Waals surface area contributed by atoms with Gasteiger partial charge in [0, 0.05) is 24.2 Å². The van der Waals surface area contributed by atoms with Gasteiger partial charge in [-0.3, -0.25) is 0 Å². The van der Waals surface area contributed by atoms with Crippen LogP contribution in [0, 0.1) is 6.92 Å². The monoisotopic (exact) mass is 235 g/mol. The van der Waals surface area contributed by atoms with Gasteiger partial charge in [0.15, 0.2) is 0 Å². The highest BCUT2D eigenvalue weighted by Gasteiger charge is 2.08. The van der Waals surface area contributed by atoms with Crippen molar-refractivity contribution in [2.75, 3.05) is 12.3 Å². The highest BCUT2D eigenvalue weighted by atomic mass is 32.2. The molecule has 0 amide bonds. The van der Waals surface area contributed by atoms with Crippen LogP contribution in [0.1, 0.15) is 9.88 Å². The van der Waals surface area contributed by atoms with Crippen molar-refractivity contribution in [1.82, 2.24) is 9.71 Å². The average Bonchev–Trinajstić information content (AvgIpc) is 2.48. The largest absolute Gasteiger partial charge is 0.329 e. The lowest BCUT2D eigenvalue weighted by Gasteiger charge is -2.02. The molecule has 0 aliphatic carbocycles. The average molecular weight is 235 g/mol. The quantitative estimate of drug-likeness (QED) is 0.742. The standard InChI is InChI=1S/C7H13N3O2S2/c1-6-9-4-7(13-6)5-10-14(11,12)3-2-8/h4,10H,2-3,5,8H2,1H3. The summed E-state index contributed by atoms with van der Waals surface area (Å²) in [5.74, 6) is -0.0369. The van der Waals surface area contributed by atoms with Gasteiger partial charge < -0.3 is 5.73 Å². The highest BCUT2D eigenvalue weighted by molar-refractivity contribution is 7.89. The summed E-state index contributed by atoms with van der Waals surface area (Å²) in [7, 11) is -3.22. The van der Waals surface area contributed by atoms with Crippen LogP contribution in [0.3, 0.4) is 0 Å². The van der Waals surface area contributed by atoms with Crippen molar-refractivity contribution in [3.05, 3.63) is 16.1 Å². The van der Waals surface area contributed by atoms with E-state index in [-0.39, 0.29) is 12.3 Å². The molecule has 5 nitrogen and oxygen atoms in total. The molecule has 1 aromatic heterocycles. The lowest BCUT2D eigenvalue weighted by molar-refractivity contribution is 0.581. The molecule has 0 atom stereocenters. The third-order valence-electron chi connectivity index (χ3n) is 1.52. The van der Waals surface area contributed by atoms with Gasteiger partial charge >= 0.3 is 0 Å². The predicted molar refractivity (Wildman–Crippen MR) is 56.5 cm³/mol. The van der Waals surface area contributed by atoms with E-state index in [9.17, 15) is 8.42 Å². The number of aryl methyl sites for hydroxylation is 1. The second kappa shape index (κ2) is 4.83. The van der Waals surface area contributed by atoms with Crippen LogP contribution in [-0.4, -0.2) is 25.7 Å². The highest BCUT2D eigenvalue weighted by Crippen LogP contribution is 2.10. The fourth-order valence-corrected chi connectivity index (χ4v) is 2.55. The number of hydrogen-bond acceptors (Lipinski definition) is 5. The van der Waals surface area contributed by atoms with Crippen molar-refractivity contribution in [3.8, 4) is 0 Å². The minimum atomic E-state index is -3.22. The van der Waals surface area contributed by atoms with Crippen molar-refractivity contribution in [3.63, 3.8) is 0 Å². The maximum absolute atomic E-state index is 11.2. The Bertz CT molecular complexity index is 385. The molecule has 1 heterocycles. The Hall–Kier alpha value is -0.500. The third-order valence-corrected chi connectivity index (χ3v) is 3.79. The molecular weight excluding hydrogens is 222 g/mol. The smallest absolute Gasteiger partial charge is 0.213 e. The third kappa shape index (κ3) is 3.70. The lowest BCUT2D eigenvalue weighted by atomic mass is 10.6. The second-order valence-electron chi connectivity index (χ2n) is 2.77. The predicted octanol–water partition coefficient (Wildman–Crippen LogP) is -0.170. The van der Waals surface area contributed by atoms with Gasteiger partial charge in [0.25, 0.3) is 0 Å². The number of nitrogens with two attached hydrogens (primary N) is 1. The first-order valence-electron chi connectivity index (χ1n) is 4.12. The molecule has 1 aromatic rings. The van der Waals surface area contributed by atoms with Crippen LogP contribution >= 0.6 is 11.3 Å². The normalized spacial score (nSPS) is 11.9. The van der Waals surface area contributed by atoms with Gasteiger partial charge in [-0.2, -0.15) is 0 Å². The first-order valence-corrected chi connectivity index (χ1v) is 6.59. The Labute approximate surface area is 87.4 Å². The molecule has 0 fully saturated rings. The number of hydrogen-bond donors (Lipinski definition) is 2. The van der Waals surface area contributed by atoms with Crippen LogP contribution in [0.5, 0.6) is 0 Å². The summed E-state index contributed by atoms with van der Waals surface area (Å²) in [5, 5.41) is 0.929. The summed E-state index contributed by atoms with van der Waals surface area (Å²) < 4.78 is 24.9. The van der Waals surface area contributed by atoms with Crippen LogP contribution < -0.4 is 10.5 Å². The van der Waals surface area contributed by atoms with Crippen LogP contribution in [-0.2, 0) is 16.6 Å². The van der Waals surface area contributed by atoms with Gasteiger partial charge in [-0.15, -0.1) is 11.3 Å². The maximum Gasteiger partial charge on any atom is 0.213 e. The molecule has 0 unspecified atom stereocenters. The zero-order valence-electron chi connectivity index (χ0n) is 7.86. The molecule has 80 valence electrons. The topological polar surface area (TPSA) is 85.1 Å². The Morgan fingerprint density at radius 3 is 2.86 bits per heavy atom. The van der Waals surface area contributed by atoms with Gasteiger partial charge in [0.1, 0.15) is 0 Å². The summed E-state index contributed by atoms with van der Waals surface area (Å²) in [5.41, 5.74) is 5.16. The van der Waals surface area contributed by atoms with E-state index in [0.29, 0.717) is 6.54 Å². The van der Waals surface area contributed by atoms with E-state index in [1.165, 1.54) is 11.3 Å². The number of sulfonamides is 1. The zero-order valence-corrected chi connectivity index (χ0v) is 9.49. The van der Waals surface area contributed by atoms with E-state index in [1.807, 2.05) is 6.92 Å². The zero-order chi connectivity index (χ0) is 10.6. The molecule has 0 aliphatic rings.